The van der Waals surface area contributed by atoms with Gasteiger partial charge in [0.2, 0.25) is 0 Å². The van der Waals surface area contributed by atoms with E-state index in [4.69, 9.17) is 0 Å². The molecule has 0 aliphatic heterocycles. The number of aromatic nitrogens is 2. The molecule has 7 nitrogen and oxygen atoms in total. The zero-order chi connectivity index (χ0) is 18.5. The van der Waals surface area contributed by atoms with Crippen LogP contribution in [0.15, 0.2) is 65.5 Å². The van der Waals surface area contributed by atoms with Crippen molar-refractivity contribution in [2.24, 2.45) is 0 Å². The average molecular weight is 349 g/mol. The van der Waals surface area contributed by atoms with Gasteiger partial charge in [0.1, 0.15) is 5.69 Å². The Bertz CT molecular complexity index is 1010. The third kappa shape index (κ3) is 3.84. The van der Waals surface area contributed by atoms with Gasteiger partial charge >= 0.3 is 11.7 Å². The molecule has 3 aromatic rings. The summed E-state index contributed by atoms with van der Waals surface area (Å²) in [4.78, 5) is 42.2. The third-order valence-electron chi connectivity index (χ3n) is 3.60. The fraction of sp³-hybridized carbons (Fsp3) is 0.0526. The fourth-order valence-corrected chi connectivity index (χ4v) is 2.38. The van der Waals surface area contributed by atoms with Crippen molar-refractivity contribution >= 4 is 17.6 Å². The Morgan fingerprint density at radius 3 is 2.54 bits per heavy atom. The summed E-state index contributed by atoms with van der Waals surface area (Å²) in [5, 5.41) is 2.64. The second-order valence-electron chi connectivity index (χ2n) is 5.38. The second-order valence-corrected chi connectivity index (χ2v) is 5.38. The highest BCUT2D eigenvalue weighted by Crippen LogP contribution is 2.17. The van der Waals surface area contributed by atoms with E-state index in [9.17, 15) is 14.4 Å². The lowest BCUT2D eigenvalue weighted by molar-refractivity contribution is 0.0600. The van der Waals surface area contributed by atoms with E-state index in [0.29, 0.717) is 16.9 Å². The van der Waals surface area contributed by atoms with Crippen LogP contribution in [0.3, 0.4) is 0 Å². The summed E-state index contributed by atoms with van der Waals surface area (Å²) in [6, 6.07) is 16.9. The van der Waals surface area contributed by atoms with Gasteiger partial charge in [-0.2, -0.15) is 4.98 Å². The van der Waals surface area contributed by atoms with E-state index in [-0.39, 0.29) is 5.69 Å². The van der Waals surface area contributed by atoms with Gasteiger partial charge in [0.15, 0.2) is 0 Å². The van der Waals surface area contributed by atoms with E-state index in [2.05, 4.69) is 20.0 Å². The molecule has 0 fully saturated rings. The molecule has 1 heterocycles. The van der Waals surface area contributed by atoms with Crippen LogP contribution in [0.25, 0.3) is 11.3 Å². The standard InChI is InChI=1S/C19H15N3O4/c1-26-18(24)13-8-5-9-14(10-13)20-17(23)16-11-15(21-19(25)22-16)12-6-3-2-4-7-12/h2-11H,1H3,(H,20,23)(H,21,22,25). The van der Waals surface area contributed by atoms with Crippen molar-refractivity contribution in [1.29, 1.82) is 0 Å². The van der Waals surface area contributed by atoms with Crippen molar-refractivity contribution in [1.82, 2.24) is 9.97 Å². The van der Waals surface area contributed by atoms with Gasteiger partial charge in [0.25, 0.3) is 5.91 Å². The van der Waals surface area contributed by atoms with Gasteiger partial charge in [-0.25, -0.2) is 9.59 Å². The monoisotopic (exact) mass is 349 g/mol. The van der Waals surface area contributed by atoms with E-state index in [1.807, 2.05) is 18.2 Å². The molecule has 2 aromatic carbocycles. The Balaban J connectivity index is 1.88. The van der Waals surface area contributed by atoms with E-state index in [1.54, 1.807) is 30.3 Å². The number of hydrogen-bond donors (Lipinski definition) is 2. The van der Waals surface area contributed by atoms with Crippen LogP contribution in [0.2, 0.25) is 0 Å². The Hall–Kier alpha value is -3.74. The Morgan fingerprint density at radius 2 is 1.81 bits per heavy atom. The lowest BCUT2D eigenvalue weighted by atomic mass is 10.1. The van der Waals surface area contributed by atoms with Crippen molar-refractivity contribution < 1.29 is 14.3 Å². The third-order valence-corrected chi connectivity index (χ3v) is 3.60. The molecule has 26 heavy (non-hydrogen) atoms. The highest BCUT2D eigenvalue weighted by molar-refractivity contribution is 6.04. The molecule has 0 atom stereocenters. The number of benzene rings is 2. The van der Waals surface area contributed by atoms with Gasteiger partial charge < -0.3 is 15.0 Å². The second kappa shape index (κ2) is 7.43. The summed E-state index contributed by atoms with van der Waals surface area (Å²) in [5.41, 5.74) is 1.26. The molecule has 0 spiro atoms. The molecule has 7 heteroatoms. The minimum Gasteiger partial charge on any atom is -0.465 e. The van der Waals surface area contributed by atoms with Crippen LogP contribution in [0, 0.1) is 0 Å². The highest BCUT2D eigenvalue weighted by atomic mass is 16.5. The molecular weight excluding hydrogens is 334 g/mol. The molecule has 2 N–H and O–H groups in total. The van der Waals surface area contributed by atoms with Crippen LogP contribution in [-0.4, -0.2) is 29.0 Å². The maximum atomic E-state index is 12.5. The molecule has 0 aliphatic carbocycles. The number of carbonyl (C=O) groups excluding carboxylic acids is 2. The van der Waals surface area contributed by atoms with Gasteiger partial charge in [-0.15, -0.1) is 0 Å². The molecule has 0 bridgehead atoms. The first-order valence-corrected chi connectivity index (χ1v) is 7.73. The van der Waals surface area contributed by atoms with E-state index < -0.39 is 17.6 Å². The first-order valence-electron chi connectivity index (χ1n) is 7.73. The first kappa shape index (κ1) is 17.1. The summed E-state index contributed by atoms with van der Waals surface area (Å²) < 4.78 is 4.65. The predicted molar refractivity (Wildman–Crippen MR) is 96.0 cm³/mol. The minimum absolute atomic E-state index is 0.0623. The molecular formula is C19H15N3O4. The number of amides is 1. The van der Waals surface area contributed by atoms with Crippen LogP contribution in [0.4, 0.5) is 5.69 Å². The largest absolute Gasteiger partial charge is 0.465 e. The summed E-state index contributed by atoms with van der Waals surface area (Å²) in [5.74, 6) is -1.03. The number of rotatable bonds is 4. The summed E-state index contributed by atoms with van der Waals surface area (Å²) in [6.45, 7) is 0. The van der Waals surface area contributed by atoms with Crippen molar-refractivity contribution in [2.45, 2.75) is 0 Å². The van der Waals surface area contributed by atoms with Gasteiger partial charge in [-0.3, -0.25) is 4.79 Å². The zero-order valence-corrected chi connectivity index (χ0v) is 13.9. The van der Waals surface area contributed by atoms with E-state index in [1.165, 1.54) is 19.2 Å². The predicted octanol–water partition coefficient (Wildman–Crippen LogP) is 2.48. The number of esters is 1. The molecule has 130 valence electrons. The number of carbonyl (C=O) groups is 2. The van der Waals surface area contributed by atoms with Crippen LogP contribution in [0.1, 0.15) is 20.8 Å². The first-order chi connectivity index (χ1) is 12.6. The number of nitrogens with one attached hydrogen (secondary N) is 2. The van der Waals surface area contributed by atoms with E-state index in [0.717, 1.165) is 5.56 Å². The molecule has 0 saturated carbocycles. The Morgan fingerprint density at radius 1 is 1.04 bits per heavy atom. The van der Waals surface area contributed by atoms with Gasteiger partial charge in [-0.05, 0) is 24.3 Å². The lowest BCUT2D eigenvalue weighted by Crippen LogP contribution is -2.21. The number of anilines is 1. The van der Waals surface area contributed by atoms with Gasteiger partial charge in [0.05, 0.1) is 18.4 Å². The topological polar surface area (TPSA) is 101 Å². The molecule has 1 amide bonds. The molecule has 0 unspecified atom stereocenters. The maximum Gasteiger partial charge on any atom is 0.346 e. The number of ether oxygens (including phenoxy) is 1. The lowest BCUT2D eigenvalue weighted by Gasteiger charge is -2.08. The Labute approximate surface area is 148 Å². The number of aromatic amines is 1. The molecule has 1 aromatic heterocycles. The van der Waals surface area contributed by atoms with Crippen LogP contribution in [-0.2, 0) is 4.74 Å². The fourth-order valence-electron chi connectivity index (χ4n) is 2.38. The number of H-pyrrole nitrogens is 1. The van der Waals surface area contributed by atoms with Crippen molar-refractivity contribution in [3.8, 4) is 11.3 Å². The smallest absolute Gasteiger partial charge is 0.346 e. The summed E-state index contributed by atoms with van der Waals surface area (Å²) in [6.07, 6.45) is 0. The van der Waals surface area contributed by atoms with Gasteiger partial charge in [-0.1, -0.05) is 36.4 Å². The molecule has 0 saturated heterocycles. The summed E-state index contributed by atoms with van der Waals surface area (Å²) in [7, 11) is 1.28. The van der Waals surface area contributed by atoms with Crippen molar-refractivity contribution in [3.05, 3.63) is 82.4 Å². The van der Waals surface area contributed by atoms with E-state index >= 15 is 0 Å². The number of nitrogens with zero attached hydrogens (tertiary/aromatic N) is 1. The quantitative estimate of drug-likeness (QED) is 0.705. The van der Waals surface area contributed by atoms with Crippen LogP contribution in [0.5, 0.6) is 0 Å². The highest BCUT2D eigenvalue weighted by Gasteiger charge is 2.12. The zero-order valence-electron chi connectivity index (χ0n) is 13.9. The molecule has 0 aliphatic rings. The number of methoxy groups -OCH3 is 1. The average Bonchev–Trinajstić information content (AvgIpc) is 2.67. The maximum absolute atomic E-state index is 12.5. The molecule has 3 rings (SSSR count). The summed E-state index contributed by atoms with van der Waals surface area (Å²) >= 11 is 0. The minimum atomic E-state index is -0.625. The van der Waals surface area contributed by atoms with Gasteiger partial charge in [0, 0.05) is 11.3 Å². The number of hydrogen-bond acceptors (Lipinski definition) is 5. The molecule has 0 radical (unpaired) electrons. The van der Waals surface area contributed by atoms with Crippen LogP contribution >= 0.6 is 0 Å². The van der Waals surface area contributed by atoms with Crippen molar-refractivity contribution in [2.75, 3.05) is 12.4 Å². The SMILES string of the molecule is COC(=O)c1cccc(NC(=O)c2cc(-c3ccccc3)nc(=O)[nH]2)c1. The van der Waals surface area contributed by atoms with Crippen LogP contribution < -0.4 is 11.0 Å². The Kier molecular flexibility index (Phi) is 4.89. The normalized spacial score (nSPS) is 10.2. The van der Waals surface area contributed by atoms with Crippen molar-refractivity contribution in [3.63, 3.8) is 0 Å².